The molecular formula is C18H22FN3O6S. The molecule has 0 bridgehead atoms. The maximum atomic E-state index is 13.5. The first-order valence-electron chi connectivity index (χ1n) is 9.09. The van der Waals surface area contributed by atoms with E-state index in [1.54, 1.807) is 12.1 Å². The van der Waals surface area contributed by atoms with Crippen molar-refractivity contribution in [3.8, 4) is 5.75 Å². The fourth-order valence-corrected chi connectivity index (χ4v) is 3.70. The standard InChI is InChI=1S/C18H22FN3O6S/c19-16-5-1-2-6-17(16)27-11-15-8-13(22-28-15)9-20-18(23)12-29(24,25)21-10-14-4-3-7-26-14/h1-2,5-6,8,14,21H,3-4,7,9-12H2,(H,20,23). The monoisotopic (exact) mass is 427 g/mol. The third-order valence-electron chi connectivity index (χ3n) is 4.16. The number of hydrogen-bond donors (Lipinski definition) is 2. The van der Waals surface area contributed by atoms with Gasteiger partial charge >= 0.3 is 0 Å². The molecule has 0 radical (unpaired) electrons. The number of sulfonamides is 1. The number of rotatable bonds is 10. The molecule has 9 nitrogen and oxygen atoms in total. The molecule has 11 heteroatoms. The Balaban J connectivity index is 1.40. The van der Waals surface area contributed by atoms with E-state index in [1.807, 2.05) is 0 Å². The lowest BCUT2D eigenvalue weighted by Gasteiger charge is -2.11. The largest absolute Gasteiger partial charge is 0.482 e. The summed E-state index contributed by atoms with van der Waals surface area (Å²) in [6.45, 7) is 0.731. The molecule has 1 unspecified atom stereocenters. The topological polar surface area (TPSA) is 120 Å². The van der Waals surface area contributed by atoms with Crippen LogP contribution < -0.4 is 14.8 Å². The summed E-state index contributed by atoms with van der Waals surface area (Å²) in [5.74, 6) is -1.44. The highest BCUT2D eigenvalue weighted by Crippen LogP contribution is 2.17. The molecule has 0 spiro atoms. The SMILES string of the molecule is O=C(CS(=O)(=O)NCC1CCCO1)NCc1cc(COc2ccccc2F)on1. The maximum Gasteiger partial charge on any atom is 0.236 e. The number of ether oxygens (including phenoxy) is 2. The zero-order valence-corrected chi connectivity index (χ0v) is 16.4. The highest BCUT2D eigenvalue weighted by molar-refractivity contribution is 7.90. The van der Waals surface area contributed by atoms with Gasteiger partial charge in [-0.15, -0.1) is 0 Å². The number of para-hydroxylation sites is 1. The van der Waals surface area contributed by atoms with E-state index in [1.165, 1.54) is 18.2 Å². The second kappa shape index (κ2) is 9.81. The number of amides is 1. The summed E-state index contributed by atoms with van der Waals surface area (Å²) < 4.78 is 55.5. The van der Waals surface area contributed by atoms with Gasteiger partial charge in [0.05, 0.1) is 12.6 Å². The zero-order valence-electron chi connectivity index (χ0n) is 15.6. The Morgan fingerprint density at radius 2 is 2.17 bits per heavy atom. The van der Waals surface area contributed by atoms with E-state index in [0.717, 1.165) is 12.8 Å². The minimum atomic E-state index is -3.75. The number of aromatic nitrogens is 1. The smallest absolute Gasteiger partial charge is 0.236 e. The number of hydrogen-bond acceptors (Lipinski definition) is 7. The number of carbonyl (C=O) groups is 1. The van der Waals surface area contributed by atoms with Crippen LogP contribution in [0.1, 0.15) is 24.3 Å². The summed E-state index contributed by atoms with van der Waals surface area (Å²) >= 11 is 0. The van der Waals surface area contributed by atoms with Crippen molar-refractivity contribution in [1.29, 1.82) is 0 Å². The van der Waals surface area contributed by atoms with Crippen molar-refractivity contribution in [1.82, 2.24) is 15.2 Å². The van der Waals surface area contributed by atoms with Crippen LogP contribution in [0.5, 0.6) is 5.75 Å². The fraction of sp³-hybridized carbons (Fsp3) is 0.444. The lowest BCUT2D eigenvalue weighted by atomic mass is 10.2. The Bertz CT molecular complexity index is 927. The average Bonchev–Trinajstić information content (AvgIpc) is 3.36. The molecule has 0 aliphatic carbocycles. The molecule has 1 amide bonds. The maximum absolute atomic E-state index is 13.5. The van der Waals surface area contributed by atoms with Crippen LogP contribution in [0, 0.1) is 5.82 Å². The molecule has 29 heavy (non-hydrogen) atoms. The van der Waals surface area contributed by atoms with Gasteiger partial charge in [0.25, 0.3) is 0 Å². The average molecular weight is 427 g/mol. The zero-order chi connectivity index (χ0) is 20.7. The van der Waals surface area contributed by atoms with Crippen LogP contribution in [0.4, 0.5) is 4.39 Å². The normalized spacial score (nSPS) is 16.7. The number of carbonyl (C=O) groups excluding carboxylic acids is 1. The molecule has 1 aliphatic rings. The molecule has 3 rings (SSSR count). The van der Waals surface area contributed by atoms with Gasteiger partial charge in [-0.3, -0.25) is 4.79 Å². The third kappa shape index (κ3) is 6.80. The summed E-state index contributed by atoms with van der Waals surface area (Å²) in [5, 5.41) is 6.23. The summed E-state index contributed by atoms with van der Waals surface area (Å²) in [7, 11) is -3.75. The van der Waals surface area contributed by atoms with Crippen LogP contribution in [0.25, 0.3) is 0 Å². The van der Waals surface area contributed by atoms with Gasteiger partial charge in [-0.2, -0.15) is 0 Å². The van der Waals surface area contributed by atoms with Crippen LogP contribution in [0.15, 0.2) is 34.9 Å². The van der Waals surface area contributed by atoms with E-state index >= 15 is 0 Å². The minimum absolute atomic E-state index is 0.0106. The Hall–Kier alpha value is -2.50. The van der Waals surface area contributed by atoms with Crippen molar-refractivity contribution >= 4 is 15.9 Å². The van der Waals surface area contributed by atoms with Crippen LogP contribution in [-0.2, 0) is 32.7 Å². The van der Waals surface area contributed by atoms with Gasteiger partial charge in [0.2, 0.25) is 15.9 Å². The van der Waals surface area contributed by atoms with E-state index in [2.05, 4.69) is 15.2 Å². The molecule has 1 aliphatic heterocycles. The molecular weight excluding hydrogens is 405 g/mol. The van der Waals surface area contributed by atoms with Gasteiger partial charge in [-0.25, -0.2) is 17.5 Å². The van der Waals surface area contributed by atoms with Crippen molar-refractivity contribution in [3.05, 3.63) is 47.6 Å². The summed E-state index contributed by atoms with van der Waals surface area (Å²) in [6, 6.07) is 7.49. The Morgan fingerprint density at radius 1 is 1.34 bits per heavy atom. The summed E-state index contributed by atoms with van der Waals surface area (Å²) in [4.78, 5) is 11.9. The summed E-state index contributed by atoms with van der Waals surface area (Å²) in [6.07, 6.45) is 1.55. The first-order chi connectivity index (χ1) is 13.9. The predicted molar refractivity (Wildman–Crippen MR) is 99.8 cm³/mol. The third-order valence-corrected chi connectivity index (χ3v) is 5.41. The number of nitrogens with zero attached hydrogens (tertiary/aromatic N) is 1. The van der Waals surface area contributed by atoms with Gasteiger partial charge in [-0.1, -0.05) is 17.3 Å². The van der Waals surface area contributed by atoms with Gasteiger partial charge in [0.15, 0.2) is 17.3 Å². The summed E-state index contributed by atoms with van der Waals surface area (Å²) in [5.41, 5.74) is 0.384. The Labute approximate surface area is 167 Å². The molecule has 0 saturated carbocycles. The molecule has 2 N–H and O–H groups in total. The molecule has 2 aromatic rings. The highest BCUT2D eigenvalue weighted by atomic mass is 32.2. The van der Waals surface area contributed by atoms with Gasteiger partial charge in [0.1, 0.15) is 18.1 Å². The van der Waals surface area contributed by atoms with Crippen LogP contribution >= 0.6 is 0 Å². The fourth-order valence-electron chi connectivity index (χ4n) is 2.71. The van der Waals surface area contributed by atoms with E-state index < -0.39 is 27.5 Å². The lowest BCUT2D eigenvalue weighted by molar-refractivity contribution is -0.118. The number of benzene rings is 1. The van der Waals surface area contributed by atoms with Crippen molar-refractivity contribution in [2.75, 3.05) is 18.9 Å². The molecule has 158 valence electrons. The van der Waals surface area contributed by atoms with E-state index in [0.29, 0.717) is 18.1 Å². The quantitative estimate of drug-likeness (QED) is 0.583. The van der Waals surface area contributed by atoms with Crippen molar-refractivity contribution in [2.24, 2.45) is 0 Å². The molecule has 1 fully saturated rings. The van der Waals surface area contributed by atoms with Crippen molar-refractivity contribution in [3.63, 3.8) is 0 Å². The first kappa shape index (κ1) is 21.2. The molecule has 1 saturated heterocycles. The second-order valence-corrected chi connectivity index (χ2v) is 8.33. The van der Waals surface area contributed by atoms with E-state index in [4.69, 9.17) is 14.0 Å². The lowest BCUT2D eigenvalue weighted by Crippen LogP contribution is -2.39. The molecule has 1 atom stereocenters. The Morgan fingerprint density at radius 3 is 2.93 bits per heavy atom. The van der Waals surface area contributed by atoms with Crippen LogP contribution in [-0.4, -0.2) is 44.5 Å². The van der Waals surface area contributed by atoms with E-state index in [-0.39, 0.29) is 31.5 Å². The molecule has 1 aromatic heterocycles. The second-order valence-electron chi connectivity index (χ2n) is 6.52. The molecule has 1 aromatic carbocycles. The minimum Gasteiger partial charge on any atom is -0.482 e. The highest BCUT2D eigenvalue weighted by Gasteiger charge is 2.21. The van der Waals surface area contributed by atoms with E-state index in [9.17, 15) is 17.6 Å². The van der Waals surface area contributed by atoms with Gasteiger partial charge in [-0.05, 0) is 25.0 Å². The van der Waals surface area contributed by atoms with Crippen molar-refractivity contribution < 1.29 is 31.6 Å². The molecule has 2 heterocycles. The first-order valence-corrected chi connectivity index (χ1v) is 10.7. The van der Waals surface area contributed by atoms with Gasteiger partial charge < -0.3 is 19.3 Å². The van der Waals surface area contributed by atoms with Gasteiger partial charge in [0, 0.05) is 19.2 Å². The van der Waals surface area contributed by atoms with Crippen LogP contribution in [0.3, 0.4) is 0 Å². The Kier molecular flexibility index (Phi) is 7.18. The predicted octanol–water partition coefficient (Wildman–Crippen LogP) is 1.11. The van der Waals surface area contributed by atoms with Crippen LogP contribution in [0.2, 0.25) is 0 Å². The number of halogens is 1. The van der Waals surface area contributed by atoms with Crippen molar-refractivity contribution in [2.45, 2.75) is 32.1 Å². The number of nitrogens with one attached hydrogen (secondary N) is 2.